The van der Waals surface area contributed by atoms with Crippen LogP contribution in [0.2, 0.25) is 0 Å². The summed E-state index contributed by atoms with van der Waals surface area (Å²) in [5, 5.41) is 12.3. The molecule has 6 unspecified atom stereocenters. The predicted octanol–water partition coefficient (Wildman–Crippen LogP) is 2.08. The molecule has 6 rings (SSSR count). The highest BCUT2D eigenvalue weighted by Crippen LogP contribution is 2.68. The number of nitrogens with zero attached hydrogens (tertiary/aromatic N) is 2. The number of ether oxygens (including phenoxy) is 1. The smallest absolute Gasteiger partial charge is 0.306 e. The van der Waals surface area contributed by atoms with Gasteiger partial charge in [0.25, 0.3) is 0 Å². The largest absolute Gasteiger partial charge is 0.461 e. The van der Waals surface area contributed by atoms with Crippen LogP contribution >= 0.6 is 0 Å². The summed E-state index contributed by atoms with van der Waals surface area (Å²) < 4.78 is 20.7. The Kier molecular flexibility index (Phi) is 4.20. The highest BCUT2D eigenvalue weighted by molar-refractivity contribution is 5.83. The Morgan fingerprint density at radius 1 is 1.29 bits per heavy atom. The molecular formula is C21H28FN3O3. The molecule has 0 aromatic carbocycles. The summed E-state index contributed by atoms with van der Waals surface area (Å²) in [7, 11) is 0. The first-order chi connectivity index (χ1) is 13.4. The van der Waals surface area contributed by atoms with E-state index in [1.165, 1.54) is 0 Å². The van der Waals surface area contributed by atoms with Crippen molar-refractivity contribution in [3.05, 3.63) is 0 Å². The number of carbonyl (C=O) groups is 2. The van der Waals surface area contributed by atoms with E-state index >= 15 is 4.39 Å². The number of hydrogen-bond acceptors (Lipinski definition) is 5. The van der Waals surface area contributed by atoms with E-state index in [2.05, 4.69) is 11.4 Å². The van der Waals surface area contributed by atoms with Crippen LogP contribution in [0, 0.1) is 28.6 Å². The molecule has 4 aliphatic carbocycles. The number of likely N-dealkylation sites (tertiary alicyclic amines) is 1. The van der Waals surface area contributed by atoms with Crippen molar-refractivity contribution in [1.29, 1.82) is 5.26 Å². The molecular weight excluding hydrogens is 361 g/mol. The molecule has 152 valence electrons. The zero-order chi connectivity index (χ0) is 19.5. The van der Waals surface area contributed by atoms with E-state index in [0.29, 0.717) is 44.7 Å². The van der Waals surface area contributed by atoms with Crippen molar-refractivity contribution in [1.82, 2.24) is 10.2 Å². The van der Waals surface area contributed by atoms with Gasteiger partial charge in [0.05, 0.1) is 18.5 Å². The van der Waals surface area contributed by atoms with Crippen molar-refractivity contribution in [2.45, 2.75) is 81.6 Å². The average molecular weight is 389 g/mol. The van der Waals surface area contributed by atoms with E-state index < -0.39 is 11.7 Å². The summed E-state index contributed by atoms with van der Waals surface area (Å²) in [6, 6.07) is 1.46. The Labute approximate surface area is 164 Å². The highest BCUT2D eigenvalue weighted by Gasteiger charge is 2.65. The topological polar surface area (TPSA) is 82.4 Å². The number of carbonyl (C=O) groups excluding carboxylic acids is 2. The molecule has 0 radical (unpaired) electrons. The Morgan fingerprint density at radius 3 is 2.89 bits per heavy atom. The Morgan fingerprint density at radius 2 is 2.14 bits per heavy atom. The number of alkyl halides is 1. The minimum atomic E-state index is -1.04. The van der Waals surface area contributed by atoms with Crippen LogP contribution in [0.4, 0.5) is 4.39 Å². The number of halogens is 1. The van der Waals surface area contributed by atoms with Gasteiger partial charge >= 0.3 is 5.97 Å². The molecule has 4 bridgehead atoms. The molecule has 28 heavy (non-hydrogen) atoms. The van der Waals surface area contributed by atoms with Crippen molar-refractivity contribution in [2.75, 3.05) is 13.1 Å². The predicted molar refractivity (Wildman–Crippen MR) is 97.6 cm³/mol. The third-order valence-corrected chi connectivity index (χ3v) is 7.94. The summed E-state index contributed by atoms with van der Waals surface area (Å²) in [5.74, 6) is 0.268. The van der Waals surface area contributed by atoms with E-state index in [1.54, 1.807) is 4.90 Å². The van der Waals surface area contributed by atoms with Gasteiger partial charge in [-0.1, -0.05) is 0 Å². The summed E-state index contributed by atoms with van der Waals surface area (Å²) in [5.41, 5.74) is -1.24. The van der Waals surface area contributed by atoms with Gasteiger partial charge in [0.2, 0.25) is 5.91 Å². The molecule has 6 aliphatic rings. The zero-order valence-electron chi connectivity index (χ0n) is 16.2. The van der Waals surface area contributed by atoms with Crippen LogP contribution in [0.1, 0.15) is 57.8 Å². The van der Waals surface area contributed by atoms with Gasteiger partial charge in [-0.3, -0.25) is 9.59 Å². The molecule has 1 amide bonds. The lowest BCUT2D eigenvalue weighted by molar-refractivity contribution is -0.152. The van der Waals surface area contributed by atoms with Gasteiger partial charge < -0.3 is 15.0 Å². The standard InChI is InChI=1S/C21H28FN3O3/c22-21-7-13-4-14(21)8-20(6-13,12-21)9-18(26)28-16-5-17(24-11-16)19(27)25-3-1-2-15(25)10-23/h13-17,24H,1-9,11-12H2/t13?,14?,15-,16?,17?,20?,21?/m0/s1. The van der Waals surface area contributed by atoms with Gasteiger partial charge in [-0.2, -0.15) is 5.26 Å². The number of amides is 1. The third-order valence-electron chi connectivity index (χ3n) is 7.94. The number of esters is 1. The molecule has 4 saturated carbocycles. The summed E-state index contributed by atoms with van der Waals surface area (Å²) >= 11 is 0. The Bertz CT molecular complexity index is 739. The first-order valence-electron chi connectivity index (χ1n) is 10.7. The van der Waals surface area contributed by atoms with Crippen molar-refractivity contribution in [3.8, 4) is 6.07 Å². The minimum absolute atomic E-state index is 0.0634. The second-order valence-electron chi connectivity index (χ2n) is 9.93. The van der Waals surface area contributed by atoms with Gasteiger partial charge in [-0.15, -0.1) is 0 Å². The Balaban J connectivity index is 1.15. The minimum Gasteiger partial charge on any atom is -0.461 e. The van der Waals surface area contributed by atoms with Crippen LogP contribution in [0.25, 0.3) is 0 Å². The normalized spacial score (nSPS) is 46.1. The van der Waals surface area contributed by atoms with Crippen LogP contribution in [-0.4, -0.2) is 53.7 Å². The molecule has 0 aromatic heterocycles. The summed E-state index contributed by atoms with van der Waals surface area (Å²) in [6.45, 7) is 1.08. The third kappa shape index (κ3) is 2.92. The molecule has 6 nitrogen and oxygen atoms in total. The summed E-state index contributed by atoms with van der Waals surface area (Å²) in [4.78, 5) is 26.9. The summed E-state index contributed by atoms with van der Waals surface area (Å²) in [6.07, 6.45) is 5.99. The van der Waals surface area contributed by atoms with Crippen molar-refractivity contribution >= 4 is 11.9 Å². The molecule has 6 fully saturated rings. The number of hydrogen-bond donors (Lipinski definition) is 1. The maximum absolute atomic E-state index is 15.0. The van der Waals surface area contributed by atoms with Crippen LogP contribution in [0.5, 0.6) is 0 Å². The van der Waals surface area contributed by atoms with Crippen LogP contribution < -0.4 is 5.32 Å². The maximum atomic E-state index is 15.0. The van der Waals surface area contributed by atoms with E-state index in [4.69, 9.17) is 4.74 Å². The molecule has 1 N–H and O–H groups in total. The number of nitrogens with one attached hydrogen (secondary N) is 1. The Hall–Kier alpha value is -1.68. The molecule has 7 heteroatoms. The average Bonchev–Trinajstić information content (AvgIpc) is 3.35. The zero-order valence-corrected chi connectivity index (χ0v) is 16.2. The second kappa shape index (κ2) is 6.41. The molecule has 2 aliphatic heterocycles. The SMILES string of the molecule is N#C[C@@H]1CCCN1C(=O)C1CC(OC(=O)CC23CC4CC(C2)C(F)(C4)C3)CN1. The van der Waals surface area contributed by atoms with Gasteiger partial charge in [0, 0.05) is 19.5 Å². The quantitative estimate of drug-likeness (QED) is 0.745. The van der Waals surface area contributed by atoms with E-state index in [9.17, 15) is 14.9 Å². The van der Waals surface area contributed by atoms with Crippen molar-refractivity contribution < 1.29 is 18.7 Å². The molecule has 0 aromatic rings. The van der Waals surface area contributed by atoms with Gasteiger partial charge in [-0.05, 0) is 62.2 Å². The van der Waals surface area contributed by atoms with Gasteiger partial charge in [0.1, 0.15) is 17.8 Å². The van der Waals surface area contributed by atoms with Crippen molar-refractivity contribution in [3.63, 3.8) is 0 Å². The van der Waals surface area contributed by atoms with E-state index in [1.807, 2.05) is 0 Å². The lowest BCUT2D eigenvalue weighted by Crippen LogP contribution is -2.45. The monoisotopic (exact) mass is 389 g/mol. The number of rotatable bonds is 4. The van der Waals surface area contributed by atoms with Gasteiger partial charge in [-0.25, -0.2) is 4.39 Å². The first-order valence-corrected chi connectivity index (χ1v) is 10.7. The van der Waals surface area contributed by atoms with E-state index in [-0.39, 0.29) is 35.4 Å². The molecule has 0 spiro atoms. The van der Waals surface area contributed by atoms with Crippen LogP contribution in [0.3, 0.4) is 0 Å². The molecule has 7 atom stereocenters. The maximum Gasteiger partial charge on any atom is 0.306 e. The molecule has 2 heterocycles. The number of nitriles is 1. The molecule has 2 saturated heterocycles. The lowest BCUT2D eigenvalue weighted by atomic mass is 9.67. The fourth-order valence-corrected chi connectivity index (χ4v) is 7.05. The first kappa shape index (κ1) is 18.4. The fraction of sp³-hybridized carbons (Fsp3) is 0.857. The highest BCUT2D eigenvalue weighted by atomic mass is 19.1. The lowest BCUT2D eigenvalue weighted by Gasteiger charge is -2.38. The fourth-order valence-electron chi connectivity index (χ4n) is 7.05. The second-order valence-corrected chi connectivity index (χ2v) is 9.93. The van der Waals surface area contributed by atoms with Crippen molar-refractivity contribution in [2.24, 2.45) is 17.3 Å². The van der Waals surface area contributed by atoms with Crippen LogP contribution in [0.15, 0.2) is 0 Å². The van der Waals surface area contributed by atoms with Gasteiger partial charge in [0.15, 0.2) is 0 Å². The van der Waals surface area contributed by atoms with E-state index in [0.717, 1.165) is 32.1 Å². The van der Waals surface area contributed by atoms with Crippen LogP contribution in [-0.2, 0) is 14.3 Å².